The quantitative estimate of drug-likeness (QED) is 0.311. The van der Waals surface area contributed by atoms with Gasteiger partial charge in [0.1, 0.15) is 18.0 Å². The Balaban J connectivity index is 1.50. The van der Waals surface area contributed by atoms with Crippen molar-refractivity contribution in [3.05, 3.63) is 69.8 Å². The van der Waals surface area contributed by atoms with Gasteiger partial charge >= 0.3 is 6.18 Å². The van der Waals surface area contributed by atoms with Crippen LogP contribution >= 0.6 is 0 Å². The molecule has 0 unspecified atom stereocenters. The van der Waals surface area contributed by atoms with Crippen LogP contribution in [0.3, 0.4) is 0 Å². The summed E-state index contributed by atoms with van der Waals surface area (Å²) in [4.78, 5) is 25.1. The highest BCUT2D eigenvalue weighted by Crippen LogP contribution is 2.52. The summed E-state index contributed by atoms with van der Waals surface area (Å²) >= 11 is 0. The number of anilines is 1. The summed E-state index contributed by atoms with van der Waals surface area (Å²) in [6, 6.07) is 4.96. The second-order valence-electron chi connectivity index (χ2n) is 12.4. The maximum absolute atomic E-state index is 14.3. The fourth-order valence-corrected chi connectivity index (χ4v) is 7.01. The molecule has 2 fully saturated rings. The Kier molecular flexibility index (Phi) is 7.52. The molecule has 9 nitrogen and oxygen atoms in total. The van der Waals surface area contributed by atoms with E-state index in [9.17, 15) is 18.0 Å². The Bertz CT molecular complexity index is 1710. The molecular formula is C31H37F3N8O. The van der Waals surface area contributed by atoms with Gasteiger partial charge in [0.15, 0.2) is 5.65 Å². The number of pyridine rings is 2. The van der Waals surface area contributed by atoms with Gasteiger partial charge in [-0.25, -0.2) is 9.97 Å². The van der Waals surface area contributed by atoms with E-state index < -0.39 is 28.4 Å². The SMILES string of the molecule is CCNc1cc(C2(c3nncn3C)CC(C)C2)cc(-c2cnc3c(C(F)(F)F)cc(CN4CCC[C@H](C)C4)cn3c2=O)n1. The van der Waals surface area contributed by atoms with Crippen molar-refractivity contribution in [2.45, 2.75) is 64.6 Å². The lowest BCUT2D eigenvalue weighted by Crippen LogP contribution is -2.43. The molecule has 5 heterocycles. The van der Waals surface area contributed by atoms with Gasteiger partial charge in [0.2, 0.25) is 0 Å². The molecule has 1 saturated carbocycles. The molecular weight excluding hydrogens is 557 g/mol. The summed E-state index contributed by atoms with van der Waals surface area (Å²) in [5.74, 6) is 2.33. The lowest BCUT2D eigenvalue weighted by atomic mass is 9.58. The molecule has 4 aromatic heterocycles. The van der Waals surface area contributed by atoms with Gasteiger partial charge in [-0.1, -0.05) is 13.8 Å². The van der Waals surface area contributed by atoms with E-state index in [2.05, 4.69) is 39.2 Å². The van der Waals surface area contributed by atoms with Gasteiger partial charge in [-0.05, 0) is 80.3 Å². The third-order valence-electron chi connectivity index (χ3n) is 8.86. The van der Waals surface area contributed by atoms with E-state index in [-0.39, 0.29) is 5.56 Å². The second kappa shape index (κ2) is 11.0. The van der Waals surface area contributed by atoms with E-state index in [1.165, 1.54) is 12.4 Å². The molecule has 43 heavy (non-hydrogen) atoms. The summed E-state index contributed by atoms with van der Waals surface area (Å²) in [6.07, 6.45) is 3.52. The van der Waals surface area contributed by atoms with Crippen LogP contribution in [0, 0.1) is 11.8 Å². The molecule has 0 radical (unpaired) electrons. The van der Waals surface area contributed by atoms with Gasteiger partial charge in [0.25, 0.3) is 5.56 Å². The predicted molar refractivity (Wildman–Crippen MR) is 158 cm³/mol. The minimum Gasteiger partial charge on any atom is -0.370 e. The van der Waals surface area contributed by atoms with Crippen molar-refractivity contribution in [3.8, 4) is 11.3 Å². The maximum Gasteiger partial charge on any atom is 0.419 e. The molecule has 1 saturated heterocycles. The molecule has 12 heteroatoms. The van der Waals surface area contributed by atoms with Crippen molar-refractivity contribution < 1.29 is 13.2 Å². The molecule has 6 rings (SSSR count). The molecule has 0 spiro atoms. The number of rotatable bonds is 7. The Morgan fingerprint density at radius 3 is 2.58 bits per heavy atom. The molecule has 1 atom stereocenters. The molecule has 2 aliphatic rings. The highest BCUT2D eigenvalue weighted by molar-refractivity contribution is 5.65. The Morgan fingerprint density at radius 2 is 1.93 bits per heavy atom. The second-order valence-corrected chi connectivity index (χ2v) is 12.4. The number of aryl methyl sites for hydroxylation is 1. The smallest absolute Gasteiger partial charge is 0.370 e. The van der Waals surface area contributed by atoms with Crippen molar-refractivity contribution in [1.29, 1.82) is 0 Å². The summed E-state index contributed by atoms with van der Waals surface area (Å²) in [6.45, 7) is 8.84. The van der Waals surface area contributed by atoms with Crippen LogP contribution in [-0.4, -0.2) is 53.7 Å². The first-order valence-corrected chi connectivity index (χ1v) is 14.9. The Labute approximate surface area is 248 Å². The lowest BCUT2D eigenvalue weighted by molar-refractivity contribution is -0.136. The van der Waals surface area contributed by atoms with Gasteiger partial charge in [0.05, 0.1) is 22.2 Å². The van der Waals surface area contributed by atoms with Gasteiger partial charge in [-0.2, -0.15) is 13.2 Å². The fraction of sp³-hybridized carbons (Fsp3) is 0.516. The lowest BCUT2D eigenvalue weighted by Gasteiger charge is -2.46. The Morgan fingerprint density at radius 1 is 1.14 bits per heavy atom. The number of fused-ring (bicyclic) bond motifs is 1. The Hall–Kier alpha value is -3.80. The molecule has 1 N–H and O–H groups in total. The molecule has 1 aliphatic carbocycles. The van der Waals surface area contributed by atoms with Crippen molar-refractivity contribution in [2.24, 2.45) is 18.9 Å². The third kappa shape index (κ3) is 5.41. The number of halogens is 3. The summed E-state index contributed by atoms with van der Waals surface area (Å²) in [5, 5.41) is 11.8. The molecule has 0 aromatic carbocycles. The summed E-state index contributed by atoms with van der Waals surface area (Å²) in [7, 11) is 1.91. The van der Waals surface area contributed by atoms with Gasteiger partial charge in [-0.3, -0.25) is 14.1 Å². The van der Waals surface area contributed by atoms with E-state index in [0.29, 0.717) is 42.0 Å². The number of nitrogens with zero attached hydrogens (tertiary/aromatic N) is 7. The number of nitrogens with one attached hydrogen (secondary N) is 1. The van der Waals surface area contributed by atoms with Crippen LogP contribution in [0.15, 0.2) is 41.7 Å². The molecule has 0 amide bonds. The van der Waals surface area contributed by atoms with Crippen molar-refractivity contribution >= 4 is 11.5 Å². The zero-order valence-corrected chi connectivity index (χ0v) is 24.9. The molecule has 0 bridgehead atoms. The van der Waals surface area contributed by atoms with E-state index in [0.717, 1.165) is 60.6 Å². The highest BCUT2D eigenvalue weighted by Gasteiger charge is 2.48. The van der Waals surface area contributed by atoms with E-state index in [4.69, 9.17) is 4.98 Å². The van der Waals surface area contributed by atoms with Crippen LogP contribution in [0.5, 0.6) is 0 Å². The average Bonchev–Trinajstić information content (AvgIpc) is 3.36. The normalized spacial score (nSPS) is 23.0. The van der Waals surface area contributed by atoms with E-state index in [1.54, 1.807) is 6.33 Å². The topological polar surface area (TPSA) is 93.2 Å². The van der Waals surface area contributed by atoms with Crippen LogP contribution < -0.4 is 10.9 Å². The van der Waals surface area contributed by atoms with Crippen LogP contribution in [0.4, 0.5) is 19.0 Å². The molecule has 4 aromatic rings. The minimum absolute atomic E-state index is 0.135. The van der Waals surface area contributed by atoms with Crippen LogP contribution in [0.2, 0.25) is 0 Å². The highest BCUT2D eigenvalue weighted by atomic mass is 19.4. The zero-order valence-electron chi connectivity index (χ0n) is 24.9. The van der Waals surface area contributed by atoms with Gasteiger partial charge in [0, 0.05) is 39.1 Å². The number of hydrogen-bond donors (Lipinski definition) is 1. The first-order valence-electron chi connectivity index (χ1n) is 14.9. The standard InChI is InChI=1S/C31H37F3N8O/c1-5-35-26-11-22(30(12-20(3)13-30)29-39-37-18-40(29)4)10-25(38-26)23-14-36-27-24(31(32,33)34)9-21(17-42(27)28(23)43)16-41-8-6-7-19(2)15-41/h9-11,14,17-20H,5-8,12-13,15-16H2,1-4H3,(H,35,38)/t19-,20?,30?/m0/s1. The van der Waals surface area contributed by atoms with Crippen molar-refractivity contribution in [2.75, 3.05) is 25.0 Å². The van der Waals surface area contributed by atoms with Gasteiger partial charge < -0.3 is 9.88 Å². The molecule has 228 valence electrons. The summed E-state index contributed by atoms with van der Waals surface area (Å²) in [5.41, 5.74) is -0.505. The zero-order chi connectivity index (χ0) is 30.5. The number of hydrogen-bond acceptors (Lipinski definition) is 7. The van der Waals surface area contributed by atoms with Crippen LogP contribution in [0.1, 0.15) is 69.0 Å². The van der Waals surface area contributed by atoms with E-state index in [1.807, 2.05) is 30.7 Å². The minimum atomic E-state index is -4.67. The summed E-state index contributed by atoms with van der Waals surface area (Å²) < 4.78 is 45.7. The average molecular weight is 595 g/mol. The number of aromatic nitrogens is 6. The largest absolute Gasteiger partial charge is 0.419 e. The predicted octanol–water partition coefficient (Wildman–Crippen LogP) is 5.28. The van der Waals surface area contributed by atoms with Gasteiger partial charge in [-0.15, -0.1) is 10.2 Å². The van der Waals surface area contributed by atoms with Crippen LogP contribution in [-0.2, 0) is 25.2 Å². The fourth-order valence-electron chi connectivity index (χ4n) is 7.01. The van der Waals surface area contributed by atoms with Crippen molar-refractivity contribution in [3.63, 3.8) is 0 Å². The number of likely N-dealkylation sites (tertiary alicyclic amines) is 1. The van der Waals surface area contributed by atoms with Crippen LogP contribution in [0.25, 0.3) is 16.9 Å². The first-order chi connectivity index (χ1) is 20.5. The number of piperidine rings is 1. The third-order valence-corrected chi connectivity index (χ3v) is 8.86. The van der Waals surface area contributed by atoms with Crippen molar-refractivity contribution in [1.82, 2.24) is 34.0 Å². The maximum atomic E-state index is 14.3. The monoisotopic (exact) mass is 594 g/mol. The molecule has 1 aliphatic heterocycles. The van der Waals surface area contributed by atoms with E-state index >= 15 is 0 Å². The number of alkyl halides is 3. The first kappa shape index (κ1) is 29.3.